The number of hydrogen-bond acceptors (Lipinski definition) is 5. The van der Waals surface area contributed by atoms with Gasteiger partial charge in [0, 0.05) is 12.8 Å². The van der Waals surface area contributed by atoms with Crippen molar-refractivity contribution in [1.82, 2.24) is 5.32 Å². The highest BCUT2D eigenvalue weighted by Crippen LogP contribution is 2.19. The van der Waals surface area contributed by atoms with E-state index in [1.54, 1.807) is 0 Å². The van der Waals surface area contributed by atoms with Crippen molar-refractivity contribution in [3.8, 4) is 0 Å². The van der Waals surface area contributed by atoms with E-state index < -0.39 is 12.1 Å². The van der Waals surface area contributed by atoms with Gasteiger partial charge in [-0.15, -0.1) is 0 Å². The summed E-state index contributed by atoms with van der Waals surface area (Å²) in [5.41, 5.74) is 0. The quantitative estimate of drug-likeness (QED) is 0.0320. The van der Waals surface area contributed by atoms with Gasteiger partial charge in [-0.1, -0.05) is 328 Å². The third-order valence-corrected chi connectivity index (χ3v) is 15.8. The summed E-state index contributed by atoms with van der Waals surface area (Å²) in [4.78, 5) is 24.6. The number of allylic oxidation sites excluding steroid dienone is 2. The number of unbranched alkanes of at least 4 members (excludes halogenated alkanes) is 50. The van der Waals surface area contributed by atoms with Gasteiger partial charge in [0.25, 0.3) is 0 Å². The molecule has 6 nitrogen and oxygen atoms in total. The molecule has 3 N–H and O–H groups in total. The van der Waals surface area contributed by atoms with Crippen molar-refractivity contribution >= 4 is 11.9 Å². The van der Waals surface area contributed by atoms with Crippen LogP contribution in [-0.2, 0) is 14.3 Å². The summed E-state index contributed by atoms with van der Waals surface area (Å²) in [6, 6.07) is -0.544. The van der Waals surface area contributed by atoms with Gasteiger partial charge in [-0.25, -0.2) is 0 Å². The predicted octanol–water partition coefficient (Wildman–Crippen LogP) is 21.2. The zero-order chi connectivity index (χ0) is 52.9. The average molecular weight is 1030 g/mol. The first-order valence-corrected chi connectivity index (χ1v) is 33.4. The molecule has 0 bridgehead atoms. The number of ether oxygens (including phenoxy) is 1. The molecule has 434 valence electrons. The van der Waals surface area contributed by atoms with Crippen molar-refractivity contribution in [3.63, 3.8) is 0 Å². The Morgan fingerprint density at radius 3 is 0.973 bits per heavy atom. The molecular formula is C67H131NO5. The van der Waals surface area contributed by atoms with Crippen LogP contribution in [0.1, 0.15) is 380 Å². The van der Waals surface area contributed by atoms with E-state index in [1.165, 1.54) is 308 Å². The fourth-order valence-corrected chi connectivity index (χ4v) is 10.7. The van der Waals surface area contributed by atoms with Crippen LogP contribution in [0.4, 0.5) is 0 Å². The van der Waals surface area contributed by atoms with Gasteiger partial charge in [-0.3, -0.25) is 9.59 Å². The van der Waals surface area contributed by atoms with Crippen molar-refractivity contribution < 1.29 is 24.5 Å². The van der Waals surface area contributed by atoms with Gasteiger partial charge in [0.15, 0.2) is 0 Å². The van der Waals surface area contributed by atoms with Crippen molar-refractivity contribution in [2.45, 2.75) is 392 Å². The molecule has 0 aromatic carbocycles. The number of hydrogen-bond donors (Lipinski definition) is 3. The number of nitrogens with one attached hydrogen (secondary N) is 1. The van der Waals surface area contributed by atoms with E-state index >= 15 is 0 Å². The van der Waals surface area contributed by atoms with Crippen LogP contribution in [0.15, 0.2) is 12.2 Å². The summed E-state index contributed by atoms with van der Waals surface area (Å²) in [6.07, 6.45) is 76.7. The Morgan fingerprint density at radius 1 is 0.370 bits per heavy atom. The Hall–Kier alpha value is -1.40. The highest BCUT2D eigenvalue weighted by atomic mass is 16.5. The van der Waals surface area contributed by atoms with Crippen molar-refractivity contribution in [2.75, 3.05) is 13.2 Å². The molecule has 0 aliphatic carbocycles. The van der Waals surface area contributed by atoms with Gasteiger partial charge in [-0.2, -0.15) is 0 Å². The number of carbonyl (C=O) groups excluding carboxylic acids is 2. The van der Waals surface area contributed by atoms with Crippen LogP contribution in [0.25, 0.3) is 0 Å². The van der Waals surface area contributed by atoms with E-state index in [1.807, 2.05) is 0 Å². The molecule has 2 unspecified atom stereocenters. The largest absolute Gasteiger partial charge is 0.466 e. The number of rotatable bonds is 63. The smallest absolute Gasteiger partial charge is 0.305 e. The summed E-state index contributed by atoms with van der Waals surface area (Å²) in [7, 11) is 0. The monoisotopic (exact) mass is 1030 g/mol. The van der Waals surface area contributed by atoms with Crippen LogP contribution in [0.2, 0.25) is 0 Å². The minimum absolute atomic E-state index is 0.0178. The first-order chi connectivity index (χ1) is 36.0. The number of aliphatic hydroxyl groups excluding tert-OH is 2. The maximum absolute atomic E-state index is 12.5. The fourth-order valence-electron chi connectivity index (χ4n) is 10.7. The number of esters is 1. The zero-order valence-corrected chi connectivity index (χ0v) is 49.6. The number of amides is 1. The van der Waals surface area contributed by atoms with Crippen molar-refractivity contribution in [1.29, 1.82) is 0 Å². The third kappa shape index (κ3) is 59.7. The van der Waals surface area contributed by atoms with Crippen LogP contribution in [0, 0.1) is 0 Å². The van der Waals surface area contributed by atoms with E-state index in [0.29, 0.717) is 25.9 Å². The summed E-state index contributed by atoms with van der Waals surface area (Å²) in [6.45, 7) is 4.99. The van der Waals surface area contributed by atoms with Crippen molar-refractivity contribution in [2.24, 2.45) is 0 Å². The van der Waals surface area contributed by atoms with Crippen LogP contribution in [0.3, 0.4) is 0 Å². The molecule has 0 aromatic heterocycles. The van der Waals surface area contributed by atoms with E-state index in [4.69, 9.17) is 4.74 Å². The number of carbonyl (C=O) groups is 2. The Morgan fingerprint density at radius 2 is 0.644 bits per heavy atom. The second kappa shape index (κ2) is 63.1. The molecule has 2 atom stereocenters. The highest BCUT2D eigenvalue weighted by Gasteiger charge is 2.20. The SMILES string of the molecule is CCCCCCCCCCCCCCCCCCCCC(=O)OCCCCCCCCCCCCCC/C=C\CCCCCCCCCCC(=O)NC(CO)C(O)CCCCCCCCCCCCCCCC. The molecule has 0 aliphatic heterocycles. The summed E-state index contributed by atoms with van der Waals surface area (Å²) in [5.74, 6) is -0.0193. The predicted molar refractivity (Wildman–Crippen MR) is 320 cm³/mol. The molecule has 6 heteroatoms. The Balaban J connectivity index is 3.36. The summed E-state index contributed by atoms with van der Waals surface area (Å²) >= 11 is 0. The normalized spacial score (nSPS) is 12.5. The summed E-state index contributed by atoms with van der Waals surface area (Å²) < 4.78 is 5.51. The van der Waals surface area contributed by atoms with Gasteiger partial charge in [0.1, 0.15) is 0 Å². The second-order valence-electron chi connectivity index (χ2n) is 23.2. The van der Waals surface area contributed by atoms with Crippen LogP contribution < -0.4 is 5.32 Å². The maximum Gasteiger partial charge on any atom is 0.305 e. The fraction of sp³-hybridized carbons (Fsp3) is 0.940. The van der Waals surface area contributed by atoms with Crippen LogP contribution >= 0.6 is 0 Å². The third-order valence-electron chi connectivity index (χ3n) is 15.8. The minimum Gasteiger partial charge on any atom is -0.466 e. The first kappa shape index (κ1) is 71.6. The highest BCUT2D eigenvalue weighted by molar-refractivity contribution is 5.76. The average Bonchev–Trinajstić information content (AvgIpc) is 3.39. The molecule has 0 rings (SSSR count). The molecule has 0 fully saturated rings. The molecule has 0 radical (unpaired) electrons. The van der Waals surface area contributed by atoms with E-state index in [-0.39, 0.29) is 18.5 Å². The zero-order valence-electron chi connectivity index (χ0n) is 49.6. The summed E-state index contributed by atoms with van der Waals surface area (Å²) in [5, 5.41) is 23.3. The number of aliphatic hydroxyl groups is 2. The lowest BCUT2D eigenvalue weighted by molar-refractivity contribution is -0.143. The van der Waals surface area contributed by atoms with Gasteiger partial charge in [0.2, 0.25) is 5.91 Å². The molecular weight excluding hydrogens is 899 g/mol. The Labute approximate surface area is 457 Å². The van der Waals surface area contributed by atoms with Gasteiger partial charge in [0.05, 0.1) is 25.4 Å². The molecule has 0 saturated heterocycles. The van der Waals surface area contributed by atoms with Gasteiger partial charge < -0.3 is 20.3 Å². The standard InChI is InChI=1S/C67H131NO5/c1-3-5-7-9-11-13-15-17-19-20-30-33-37-41-45-49-53-57-61-67(72)73-62-58-54-50-46-42-38-34-31-28-26-24-22-21-23-25-27-29-32-36-40-44-48-52-56-60-66(71)68-64(63-69)65(70)59-55-51-47-43-39-35-18-16-14-12-10-8-6-4-2/h23,25,64-65,69-70H,3-22,24,26-63H2,1-2H3,(H,68,71)/b25-23-. The molecule has 73 heavy (non-hydrogen) atoms. The molecule has 0 saturated carbocycles. The minimum atomic E-state index is -0.666. The lowest BCUT2D eigenvalue weighted by Gasteiger charge is -2.22. The molecule has 0 spiro atoms. The lowest BCUT2D eigenvalue weighted by Crippen LogP contribution is -2.45. The van der Waals surface area contributed by atoms with E-state index in [9.17, 15) is 19.8 Å². The Bertz CT molecular complexity index is 1100. The molecule has 0 aromatic rings. The first-order valence-electron chi connectivity index (χ1n) is 33.4. The Kier molecular flexibility index (Phi) is 61.9. The topological polar surface area (TPSA) is 95.9 Å². The van der Waals surface area contributed by atoms with E-state index in [2.05, 4.69) is 31.3 Å². The second-order valence-corrected chi connectivity index (χ2v) is 23.2. The van der Waals surface area contributed by atoms with E-state index in [0.717, 1.165) is 38.5 Å². The van der Waals surface area contributed by atoms with Gasteiger partial charge >= 0.3 is 5.97 Å². The van der Waals surface area contributed by atoms with Crippen LogP contribution in [-0.4, -0.2) is 47.4 Å². The lowest BCUT2D eigenvalue weighted by atomic mass is 10.0. The molecule has 0 heterocycles. The van der Waals surface area contributed by atoms with Gasteiger partial charge in [-0.05, 0) is 51.4 Å². The molecule has 0 aliphatic rings. The molecule has 1 amide bonds. The van der Waals surface area contributed by atoms with Crippen molar-refractivity contribution in [3.05, 3.63) is 12.2 Å². The maximum atomic E-state index is 12.5. The van der Waals surface area contributed by atoms with Crippen LogP contribution in [0.5, 0.6) is 0 Å².